The van der Waals surface area contributed by atoms with Crippen LogP contribution in [-0.4, -0.2) is 39.3 Å². The van der Waals surface area contributed by atoms with Crippen molar-refractivity contribution in [2.45, 2.75) is 19.9 Å². The van der Waals surface area contributed by atoms with E-state index in [1.54, 1.807) is 0 Å². The van der Waals surface area contributed by atoms with Crippen molar-refractivity contribution in [2.75, 3.05) is 19.6 Å². The molecule has 6 heteroatoms. The van der Waals surface area contributed by atoms with Gasteiger partial charge in [0.1, 0.15) is 0 Å². The summed E-state index contributed by atoms with van der Waals surface area (Å²) in [5, 5.41) is 5.57. The lowest BCUT2D eigenvalue weighted by Gasteiger charge is -2.21. The molecular weight excluding hydrogens is 334 g/mol. The molecule has 1 aromatic carbocycles. The van der Waals surface area contributed by atoms with Crippen molar-refractivity contribution in [1.29, 1.82) is 0 Å². The Bertz CT molecular complexity index is 800. The molecule has 0 fully saturated rings. The van der Waals surface area contributed by atoms with Gasteiger partial charge in [0.25, 0.3) is 0 Å². The summed E-state index contributed by atoms with van der Waals surface area (Å²) in [5.74, 6) is 0. The topological polar surface area (TPSA) is 60.0 Å². The molecule has 0 spiro atoms. The fourth-order valence-electron chi connectivity index (χ4n) is 3.08. The van der Waals surface area contributed by atoms with Crippen molar-refractivity contribution in [3.63, 3.8) is 0 Å². The molecule has 0 aliphatic carbocycles. The third-order valence-corrected chi connectivity index (χ3v) is 4.33. The monoisotopic (exact) mass is 359 g/mol. The number of aromatic nitrogens is 3. The maximum absolute atomic E-state index is 5.80. The van der Waals surface area contributed by atoms with Crippen LogP contribution >= 0.6 is 12.4 Å². The molecule has 0 unspecified atom stereocenters. The Kier molecular flexibility index (Phi) is 6.93. The highest BCUT2D eigenvalue weighted by Gasteiger charge is 2.10. The second kappa shape index (κ2) is 8.94. The summed E-state index contributed by atoms with van der Waals surface area (Å²) in [6.45, 7) is 5.43. The zero-order valence-electron chi connectivity index (χ0n) is 14.9. The number of benzene rings is 1. The summed E-state index contributed by atoms with van der Waals surface area (Å²) in [4.78, 5) is 6.97. The van der Waals surface area contributed by atoms with E-state index in [0.29, 0.717) is 6.54 Å². The number of hydrogen-bond acceptors (Lipinski definition) is 4. The highest BCUT2D eigenvalue weighted by atomic mass is 35.5. The minimum atomic E-state index is 0. The number of nitrogens with zero attached hydrogens (tertiary/aromatic N) is 4. The summed E-state index contributed by atoms with van der Waals surface area (Å²) in [5.41, 5.74) is 10.3. The largest absolute Gasteiger partial charge is 0.329 e. The lowest BCUT2D eigenvalue weighted by molar-refractivity contribution is 0.276. The third-order valence-electron chi connectivity index (χ3n) is 4.33. The zero-order chi connectivity index (χ0) is 16.9. The predicted octanol–water partition coefficient (Wildman–Crippen LogP) is 2.70. The lowest BCUT2D eigenvalue weighted by atomic mass is 10.1. The molecule has 0 atom stereocenters. The van der Waals surface area contributed by atoms with Gasteiger partial charge in [-0.3, -0.25) is 9.58 Å². The van der Waals surface area contributed by atoms with Crippen molar-refractivity contribution < 1.29 is 0 Å². The van der Waals surface area contributed by atoms with Gasteiger partial charge in [-0.05, 0) is 30.5 Å². The van der Waals surface area contributed by atoms with Gasteiger partial charge in [0.2, 0.25) is 0 Å². The molecule has 0 bridgehead atoms. The van der Waals surface area contributed by atoms with Crippen LogP contribution in [0.5, 0.6) is 0 Å². The summed E-state index contributed by atoms with van der Waals surface area (Å²) in [6.07, 6.45) is 2.98. The zero-order valence-corrected chi connectivity index (χ0v) is 15.7. The average Bonchev–Trinajstić information content (AvgIpc) is 2.88. The van der Waals surface area contributed by atoms with Crippen LogP contribution in [0.2, 0.25) is 0 Å². The summed E-state index contributed by atoms with van der Waals surface area (Å²) in [6, 6.07) is 12.8. The lowest BCUT2D eigenvalue weighted by Crippen LogP contribution is -2.31. The minimum Gasteiger partial charge on any atom is -0.329 e. The van der Waals surface area contributed by atoms with Gasteiger partial charge in [-0.2, -0.15) is 5.10 Å². The van der Waals surface area contributed by atoms with E-state index in [2.05, 4.69) is 51.4 Å². The van der Waals surface area contributed by atoms with Gasteiger partial charge < -0.3 is 5.73 Å². The van der Waals surface area contributed by atoms with Crippen LogP contribution in [-0.2, 0) is 20.0 Å². The van der Waals surface area contributed by atoms with Gasteiger partial charge in [0.05, 0.1) is 5.69 Å². The van der Waals surface area contributed by atoms with Crippen molar-refractivity contribution in [3.05, 3.63) is 59.4 Å². The van der Waals surface area contributed by atoms with Crippen LogP contribution in [0.15, 0.2) is 42.6 Å². The van der Waals surface area contributed by atoms with Crippen LogP contribution < -0.4 is 5.73 Å². The summed E-state index contributed by atoms with van der Waals surface area (Å²) >= 11 is 0. The maximum Gasteiger partial charge on any atom is 0.157 e. The second-order valence-electron chi connectivity index (χ2n) is 6.22. The molecule has 0 saturated carbocycles. The number of nitrogens with two attached hydrogens (primary N) is 1. The van der Waals surface area contributed by atoms with E-state index in [-0.39, 0.29) is 12.4 Å². The Labute approximate surface area is 155 Å². The highest BCUT2D eigenvalue weighted by Crippen LogP contribution is 2.17. The van der Waals surface area contributed by atoms with Crippen LogP contribution in [0.4, 0.5) is 0 Å². The molecule has 2 aromatic heterocycles. The van der Waals surface area contributed by atoms with Crippen LogP contribution in [0, 0.1) is 6.92 Å². The van der Waals surface area contributed by atoms with E-state index in [1.165, 1.54) is 11.1 Å². The van der Waals surface area contributed by atoms with Crippen molar-refractivity contribution in [3.8, 4) is 0 Å². The van der Waals surface area contributed by atoms with Crippen molar-refractivity contribution in [1.82, 2.24) is 19.7 Å². The fourth-order valence-corrected chi connectivity index (χ4v) is 3.08. The number of aryl methyl sites for hydroxylation is 2. The Balaban J connectivity index is 0.00000225. The Morgan fingerprint density at radius 2 is 1.88 bits per heavy atom. The maximum atomic E-state index is 5.80. The average molecular weight is 360 g/mol. The summed E-state index contributed by atoms with van der Waals surface area (Å²) < 4.78 is 1.83. The molecule has 2 heterocycles. The standard InChI is InChI=1S/C19H25N5.ClH/c1-15-18-12-17(13-21-19(18)23(2)22-15)14-24(11-9-20)10-8-16-6-4-3-5-7-16;/h3-7,12-13H,8-11,14,20H2,1-2H3;1H. The molecule has 25 heavy (non-hydrogen) atoms. The molecule has 0 radical (unpaired) electrons. The van der Waals surface area contributed by atoms with Gasteiger partial charge in [0.15, 0.2) is 5.65 Å². The first-order chi connectivity index (χ1) is 11.7. The Morgan fingerprint density at radius 1 is 1.12 bits per heavy atom. The molecular formula is C19H26ClN5. The number of halogens is 1. The third kappa shape index (κ3) is 4.78. The predicted molar refractivity (Wildman–Crippen MR) is 105 cm³/mol. The van der Waals surface area contributed by atoms with Crippen LogP contribution in [0.1, 0.15) is 16.8 Å². The molecule has 3 aromatic rings. The first-order valence-corrected chi connectivity index (χ1v) is 8.42. The fraction of sp³-hybridized carbons (Fsp3) is 0.368. The van der Waals surface area contributed by atoms with Gasteiger partial charge in [0, 0.05) is 44.8 Å². The van der Waals surface area contributed by atoms with Gasteiger partial charge in [-0.25, -0.2) is 4.98 Å². The quantitative estimate of drug-likeness (QED) is 0.704. The van der Waals surface area contributed by atoms with Gasteiger partial charge in [-0.1, -0.05) is 30.3 Å². The van der Waals surface area contributed by atoms with E-state index in [9.17, 15) is 0 Å². The molecule has 0 saturated heterocycles. The van der Waals surface area contributed by atoms with Crippen LogP contribution in [0.25, 0.3) is 11.0 Å². The SMILES string of the molecule is Cc1nn(C)c2ncc(CN(CCN)CCc3ccccc3)cc12.Cl. The Morgan fingerprint density at radius 3 is 2.60 bits per heavy atom. The van der Waals surface area contributed by atoms with E-state index in [1.807, 2.05) is 24.9 Å². The van der Waals surface area contributed by atoms with Crippen LogP contribution in [0.3, 0.4) is 0 Å². The number of fused-ring (bicyclic) bond motifs is 1. The smallest absolute Gasteiger partial charge is 0.157 e. The van der Waals surface area contributed by atoms with E-state index in [4.69, 9.17) is 5.73 Å². The summed E-state index contributed by atoms with van der Waals surface area (Å²) in [7, 11) is 1.93. The second-order valence-corrected chi connectivity index (χ2v) is 6.22. The first-order valence-electron chi connectivity index (χ1n) is 8.42. The molecule has 5 nitrogen and oxygen atoms in total. The molecule has 134 valence electrons. The first kappa shape index (κ1) is 19.4. The highest BCUT2D eigenvalue weighted by molar-refractivity contribution is 5.85. The number of hydrogen-bond donors (Lipinski definition) is 1. The minimum absolute atomic E-state index is 0. The van der Waals surface area contributed by atoms with Crippen molar-refractivity contribution >= 4 is 23.4 Å². The molecule has 0 amide bonds. The van der Waals surface area contributed by atoms with E-state index in [0.717, 1.165) is 42.8 Å². The molecule has 0 aliphatic heterocycles. The van der Waals surface area contributed by atoms with E-state index < -0.39 is 0 Å². The molecule has 2 N–H and O–H groups in total. The van der Waals surface area contributed by atoms with Gasteiger partial charge in [-0.15, -0.1) is 12.4 Å². The Hall–Kier alpha value is -1.95. The van der Waals surface area contributed by atoms with Gasteiger partial charge >= 0.3 is 0 Å². The number of rotatable bonds is 7. The molecule has 0 aliphatic rings. The number of pyridine rings is 1. The molecule has 3 rings (SSSR count). The van der Waals surface area contributed by atoms with E-state index >= 15 is 0 Å². The normalized spacial score (nSPS) is 11.0. The van der Waals surface area contributed by atoms with Crippen molar-refractivity contribution in [2.24, 2.45) is 12.8 Å².